The third-order valence-electron chi connectivity index (χ3n) is 6.45. The Morgan fingerprint density at radius 1 is 1.18 bits per heavy atom. The summed E-state index contributed by atoms with van der Waals surface area (Å²) in [6.07, 6.45) is 14.8. The molecule has 0 saturated heterocycles. The molecule has 2 saturated carbocycles. The predicted octanol–water partition coefficient (Wildman–Crippen LogP) is 4.28. The van der Waals surface area contributed by atoms with Crippen molar-refractivity contribution in [3.63, 3.8) is 0 Å². The summed E-state index contributed by atoms with van der Waals surface area (Å²) in [5, 5.41) is 10.4. The lowest BCUT2D eigenvalue weighted by atomic mass is 9.98. The van der Waals surface area contributed by atoms with E-state index in [2.05, 4.69) is 38.7 Å². The Kier molecular flexibility index (Phi) is 5.10. The van der Waals surface area contributed by atoms with E-state index in [0.29, 0.717) is 11.6 Å². The fourth-order valence-electron chi connectivity index (χ4n) is 4.31. The average molecular weight is 460 g/mol. The second-order valence-electron chi connectivity index (χ2n) is 9.16. The lowest BCUT2D eigenvalue weighted by Crippen LogP contribution is -2.37. The standard InChI is InChI=1S/C25H25N5O2S/c31-23(16-4-5-16)28-19-3-1-2-15(10-19)14-30(20-7-8-20)25(32)24-29-21-9-6-17(11-22(21)33-24)18-12-26-27-13-18/h1,3,6,9-13,15-16,20H,2,4-5,7-8,14H2,(H,26,27)(H,28,31). The number of thiazole rings is 1. The quantitative estimate of drug-likeness (QED) is 0.552. The molecule has 3 aliphatic carbocycles. The largest absolute Gasteiger partial charge is 0.333 e. The molecule has 7 nitrogen and oxygen atoms in total. The molecule has 8 heteroatoms. The van der Waals surface area contributed by atoms with E-state index in [-0.39, 0.29) is 29.7 Å². The molecule has 0 aliphatic heterocycles. The fraction of sp³-hybridized carbons (Fsp3) is 0.360. The summed E-state index contributed by atoms with van der Waals surface area (Å²) in [5.74, 6) is 0.495. The topological polar surface area (TPSA) is 91.0 Å². The first-order valence-corrected chi connectivity index (χ1v) is 12.4. The molecule has 2 heterocycles. The Balaban J connectivity index is 1.20. The van der Waals surface area contributed by atoms with Crippen molar-refractivity contribution in [1.82, 2.24) is 25.4 Å². The number of fused-ring (bicyclic) bond motifs is 1. The van der Waals surface area contributed by atoms with E-state index in [0.717, 1.165) is 59.1 Å². The van der Waals surface area contributed by atoms with Crippen LogP contribution in [0.2, 0.25) is 0 Å². The summed E-state index contributed by atoms with van der Waals surface area (Å²) in [6, 6.07) is 6.33. The van der Waals surface area contributed by atoms with Crippen LogP contribution in [0.25, 0.3) is 21.3 Å². The molecular formula is C25H25N5O2S. The van der Waals surface area contributed by atoms with E-state index in [1.807, 2.05) is 29.3 Å². The summed E-state index contributed by atoms with van der Waals surface area (Å²) in [7, 11) is 0. The summed E-state index contributed by atoms with van der Waals surface area (Å²) in [5.41, 5.74) is 3.77. The lowest BCUT2D eigenvalue weighted by molar-refractivity contribution is -0.121. The summed E-state index contributed by atoms with van der Waals surface area (Å²) < 4.78 is 0.998. The third kappa shape index (κ3) is 4.35. The fourth-order valence-corrected chi connectivity index (χ4v) is 5.27. The monoisotopic (exact) mass is 459 g/mol. The zero-order valence-electron chi connectivity index (χ0n) is 18.2. The van der Waals surface area contributed by atoms with E-state index < -0.39 is 0 Å². The molecule has 0 spiro atoms. The van der Waals surface area contributed by atoms with E-state index in [9.17, 15) is 9.59 Å². The van der Waals surface area contributed by atoms with Gasteiger partial charge in [0.05, 0.1) is 16.4 Å². The Bertz CT molecular complexity index is 1270. The number of benzene rings is 1. The number of aromatic nitrogens is 3. The van der Waals surface area contributed by atoms with Crippen LogP contribution in [0, 0.1) is 11.8 Å². The molecule has 1 atom stereocenters. The maximum Gasteiger partial charge on any atom is 0.283 e. The molecule has 33 heavy (non-hydrogen) atoms. The average Bonchev–Trinajstić information content (AvgIpc) is 3.75. The van der Waals surface area contributed by atoms with Gasteiger partial charge in [-0.15, -0.1) is 11.3 Å². The van der Waals surface area contributed by atoms with Crippen molar-refractivity contribution >= 4 is 33.4 Å². The smallest absolute Gasteiger partial charge is 0.283 e. The van der Waals surface area contributed by atoms with Gasteiger partial charge < -0.3 is 10.2 Å². The predicted molar refractivity (Wildman–Crippen MR) is 127 cm³/mol. The van der Waals surface area contributed by atoms with Crippen LogP contribution in [0.5, 0.6) is 0 Å². The highest BCUT2D eigenvalue weighted by Gasteiger charge is 2.36. The van der Waals surface area contributed by atoms with Crippen molar-refractivity contribution in [2.75, 3.05) is 6.54 Å². The molecule has 2 fully saturated rings. The summed E-state index contributed by atoms with van der Waals surface area (Å²) in [4.78, 5) is 32.3. The number of hydrogen-bond acceptors (Lipinski definition) is 5. The zero-order valence-corrected chi connectivity index (χ0v) is 19.0. The van der Waals surface area contributed by atoms with Crippen LogP contribution in [0.1, 0.15) is 41.9 Å². The molecule has 3 aromatic rings. The number of amides is 2. The molecule has 2 N–H and O–H groups in total. The van der Waals surface area contributed by atoms with Crippen molar-refractivity contribution in [3.8, 4) is 11.1 Å². The molecule has 3 aliphatic rings. The maximum absolute atomic E-state index is 13.5. The van der Waals surface area contributed by atoms with Crippen LogP contribution in [-0.4, -0.2) is 44.5 Å². The Morgan fingerprint density at radius 3 is 2.82 bits per heavy atom. The molecular weight excluding hydrogens is 434 g/mol. The Hall–Kier alpha value is -3.26. The molecule has 1 unspecified atom stereocenters. The van der Waals surface area contributed by atoms with Gasteiger partial charge >= 0.3 is 0 Å². The van der Waals surface area contributed by atoms with Crippen molar-refractivity contribution in [2.24, 2.45) is 11.8 Å². The molecule has 1 aromatic carbocycles. The Labute approximate surface area is 195 Å². The van der Waals surface area contributed by atoms with Crippen LogP contribution in [0.3, 0.4) is 0 Å². The highest BCUT2D eigenvalue weighted by molar-refractivity contribution is 7.20. The van der Waals surface area contributed by atoms with Crippen LogP contribution in [0.4, 0.5) is 0 Å². The van der Waals surface area contributed by atoms with Crippen LogP contribution in [0.15, 0.2) is 54.5 Å². The van der Waals surface area contributed by atoms with Crippen molar-refractivity contribution < 1.29 is 9.59 Å². The number of rotatable bonds is 7. The van der Waals surface area contributed by atoms with Gasteiger partial charge in [-0.25, -0.2) is 4.98 Å². The molecule has 6 rings (SSSR count). The number of H-pyrrole nitrogens is 1. The van der Waals surface area contributed by atoms with Crippen molar-refractivity contribution in [3.05, 3.63) is 59.5 Å². The number of carbonyl (C=O) groups excluding carboxylic acids is 2. The van der Waals surface area contributed by atoms with Crippen LogP contribution in [-0.2, 0) is 4.79 Å². The van der Waals surface area contributed by atoms with Gasteiger partial charge in [-0.1, -0.05) is 18.2 Å². The Morgan fingerprint density at radius 2 is 2.06 bits per heavy atom. The SMILES string of the molecule is O=C(NC1=CC(CN(C(=O)c2nc3ccc(-c4cn[nH]c4)cc3s2)C2CC2)CC=C1)C1CC1. The van der Waals surface area contributed by atoms with Crippen LogP contribution >= 0.6 is 11.3 Å². The number of nitrogens with zero attached hydrogens (tertiary/aromatic N) is 3. The van der Waals surface area contributed by atoms with Gasteiger partial charge in [0.25, 0.3) is 5.91 Å². The number of allylic oxidation sites excluding steroid dienone is 2. The molecule has 2 amide bonds. The van der Waals surface area contributed by atoms with Gasteiger partial charge in [-0.3, -0.25) is 14.7 Å². The van der Waals surface area contributed by atoms with Gasteiger partial charge in [-0.05, 0) is 55.9 Å². The minimum Gasteiger partial charge on any atom is -0.333 e. The highest BCUT2D eigenvalue weighted by atomic mass is 32.1. The maximum atomic E-state index is 13.5. The number of hydrogen-bond donors (Lipinski definition) is 2. The lowest BCUT2D eigenvalue weighted by Gasteiger charge is -2.27. The van der Waals surface area contributed by atoms with E-state index in [1.54, 1.807) is 6.20 Å². The van der Waals surface area contributed by atoms with Crippen molar-refractivity contribution in [2.45, 2.75) is 38.1 Å². The molecule has 0 radical (unpaired) electrons. The molecule has 0 bridgehead atoms. The van der Waals surface area contributed by atoms with E-state index in [4.69, 9.17) is 0 Å². The number of carbonyl (C=O) groups is 2. The molecule has 168 valence electrons. The van der Waals surface area contributed by atoms with Gasteiger partial charge in [0, 0.05) is 41.9 Å². The second-order valence-corrected chi connectivity index (χ2v) is 10.2. The van der Waals surface area contributed by atoms with E-state index in [1.165, 1.54) is 11.3 Å². The second kappa shape index (κ2) is 8.26. The first kappa shape index (κ1) is 20.4. The van der Waals surface area contributed by atoms with Gasteiger partial charge in [0.15, 0.2) is 5.01 Å². The normalized spacial score (nSPS) is 20.0. The number of aromatic amines is 1. The zero-order chi connectivity index (χ0) is 22.4. The summed E-state index contributed by atoms with van der Waals surface area (Å²) >= 11 is 1.45. The van der Waals surface area contributed by atoms with Crippen molar-refractivity contribution in [1.29, 1.82) is 0 Å². The van der Waals surface area contributed by atoms with E-state index >= 15 is 0 Å². The van der Waals surface area contributed by atoms with Gasteiger partial charge in [0.2, 0.25) is 5.91 Å². The van der Waals surface area contributed by atoms with Crippen LogP contribution < -0.4 is 5.32 Å². The first-order valence-electron chi connectivity index (χ1n) is 11.5. The van der Waals surface area contributed by atoms with Gasteiger partial charge in [-0.2, -0.15) is 5.10 Å². The minimum atomic E-state index is 0.00933. The highest BCUT2D eigenvalue weighted by Crippen LogP contribution is 2.34. The molecule has 2 aromatic heterocycles. The third-order valence-corrected chi connectivity index (χ3v) is 7.46. The minimum absolute atomic E-state index is 0.00933. The van der Waals surface area contributed by atoms with Gasteiger partial charge in [0.1, 0.15) is 0 Å². The number of nitrogens with one attached hydrogen (secondary N) is 2. The first-order chi connectivity index (χ1) is 16.1. The summed E-state index contributed by atoms with van der Waals surface area (Å²) in [6.45, 7) is 0.646.